The van der Waals surface area contributed by atoms with E-state index < -0.39 is 0 Å². The molecule has 1 aliphatic heterocycles. The number of aliphatic hydroxyl groups excluding tert-OH is 1. The standard InChI is InChI=1S/C20H17OS3.C3H8/c21-13-14-22-15-9-11-16(12-10-15)24-19-7-3-1-5-17(19)23-18-6-2-4-8-20(18)24;1-3-2/h1-12,21H,13-14H2;3H2,1-2H3/q+1;. The molecule has 0 amide bonds. The predicted octanol–water partition coefficient (Wildman–Crippen LogP) is 6.75. The van der Waals surface area contributed by atoms with Crippen LogP contribution in [-0.4, -0.2) is 17.5 Å². The molecule has 0 saturated heterocycles. The van der Waals surface area contributed by atoms with Crippen molar-refractivity contribution in [1.29, 1.82) is 0 Å². The normalized spacial score (nSPS) is 12.6. The maximum absolute atomic E-state index is 8.98. The average Bonchev–Trinajstić information content (AvgIpc) is 2.71. The summed E-state index contributed by atoms with van der Waals surface area (Å²) in [7, 11) is -0.0514. The minimum absolute atomic E-state index is 0.0514. The molecule has 0 radical (unpaired) electrons. The smallest absolute Gasteiger partial charge is 0.180 e. The van der Waals surface area contributed by atoms with Crippen LogP contribution in [-0.2, 0) is 10.9 Å². The van der Waals surface area contributed by atoms with Gasteiger partial charge in [-0.3, -0.25) is 0 Å². The lowest BCUT2D eigenvalue weighted by Crippen LogP contribution is -2.10. The third-order valence-electron chi connectivity index (χ3n) is 3.78. The largest absolute Gasteiger partial charge is 0.396 e. The van der Waals surface area contributed by atoms with Crippen LogP contribution in [0.1, 0.15) is 20.3 Å². The van der Waals surface area contributed by atoms with E-state index in [9.17, 15) is 0 Å². The van der Waals surface area contributed by atoms with Gasteiger partial charge in [0.15, 0.2) is 14.7 Å². The minimum atomic E-state index is -0.0514. The average molecular weight is 414 g/mol. The van der Waals surface area contributed by atoms with E-state index >= 15 is 0 Å². The summed E-state index contributed by atoms with van der Waals surface area (Å²) in [4.78, 5) is 8.11. The Hall–Kier alpha value is -1.33. The quantitative estimate of drug-likeness (QED) is 0.295. The number of benzene rings is 3. The van der Waals surface area contributed by atoms with Gasteiger partial charge in [0.05, 0.1) is 16.4 Å². The molecule has 0 atom stereocenters. The molecular weight excluding hydrogens is 388 g/mol. The maximum Gasteiger partial charge on any atom is 0.180 e. The number of hydrogen-bond acceptors (Lipinski definition) is 3. The fourth-order valence-electron chi connectivity index (χ4n) is 2.73. The minimum Gasteiger partial charge on any atom is -0.396 e. The highest BCUT2D eigenvalue weighted by atomic mass is 32.2. The van der Waals surface area contributed by atoms with Crippen LogP contribution in [0, 0.1) is 0 Å². The maximum atomic E-state index is 8.98. The van der Waals surface area contributed by atoms with Gasteiger partial charge in [0.25, 0.3) is 0 Å². The lowest BCUT2D eigenvalue weighted by molar-refractivity contribution is 0.322. The summed E-state index contributed by atoms with van der Waals surface area (Å²) >= 11 is 3.57. The number of rotatable bonds is 4. The van der Waals surface area contributed by atoms with Gasteiger partial charge >= 0.3 is 0 Å². The molecule has 0 fully saturated rings. The zero-order valence-electron chi connectivity index (χ0n) is 15.7. The summed E-state index contributed by atoms with van der Waals surface area (Å²) in [6.07, 6.45) is 1.25. The van der Waals surface area contributed by atoms with Gasteiger partial charge in [0.1, 0.15) is 10.9 Å². The Morgan fingerprint density at radius 3 is 1.85 bits per heavy atom. The van der Waals surface area contributed by atoms with Crippen LogP contribution < -0.4 is 0 Å². The third kappa shape index (κ3) is 4.94. The second kappa shape index (κ2) is 10.3. The van der Waals surface area contributed by atoms with E-state index in [2.05, 4.69) is 86.6 Å². The Balaban J connectivity index is 0.000000659. The molecule has 27 heavy (non-hydrogen) atoms. The number of aliphatic hydroxyl groups is 1. The van der Waals surface area contributed by atoms with Crippen molar-refractivity contribution in [3.8, 4) is 0 Å². The molecule has 3 aromatic carbocycles. The van der Waals surface area contributed by atoms with Gasteiger partial charge in [-0.15, -0.1) is 11.8 Å². The predicted molar refractivity (Wildman–Crippen MR) is 119 cm³/mol. The molecule has 0 aromatic heterocycles. The zero-order valence-corrected chi connectivity index (χ0v) is 18.2. The zero-order chi connectivity index (χ0) is 19.1. The second-order valence-corrected chi connectivity index (χ2v) is 10.3. The molecule has 0 unspecified atom stereocenters. The molecule has 0 aliphatic carbocycles. The Kier molecular flexibility index (Phi) is 7.77. The number of hydrogen-bond donors (Lipinski definition) is 1. The van der Waals surface area contributed by atoms with Crippen LogP contribution in [0.15, 0.2) is 102 Å². The Morgan fingerprint density at radius 2 is 1.33 bits per heavy atom. The molecule has 140 valence electrons. The first kappa shape index (κ1) is 20.4. The van der Waals surface area contributed by atoms with Crippen LogP contribution in [0.5, 0.6) is 0 Å². The van der Waals surface area contributed by atoms with Crippen molar-refractivity contribution < 1.29 is 5.11 Å². The highest BCUT2D eigenvalue weighted by Crippen LogP contribution is 2.48. The van der Waals surface area contributed by atoms with Crippen LogP contribution in [0.25, 0.3) is 0 Å². The molecule has 4 heteroatoms. The van der Waals surface area contributed by atoms with E-state index in [0.717, 1.165) is 5.75 Å². The Labute approximate surface area is 174 Å². The lowest BCUT2D eigenvalue weighted by Gasteiger charge is -2.18. The van der Waals surface area contributed by atoms with Gasteiger partial charge in [-0.1, -0.05) is 56.3 Å². The van der Waals surface area contributed by atoms with Crippen molar-refractivity contribution >= 4 is 34.4 Å². The highest BCUT2D eigenvalue weighted by molar-refractivity contribution is 8.04. The molecule has 1 aliphatic rings. The van der Waals surface area contributed by atoms with Gasteiger partial charge in [-0.25, -0.2) is 0 Å². The molecule has 0 spiro atoms. The summed E-state index contributed by atoms with van der Waals surface area (Å²) in [5.41, 5.74) is 0. The third-order valence-corrected chi connectivity index (χ3v) is 8.52. The molecule has 0 saturated carbocycles. The fraction of sp³-hybridized carbons (Fsp3) is 0.217. The van der Waals surface area contributed by atoms with Crippen LogP contribution in [0.2, 0.25) is 0 Å². The van der Waals surface area contributed by atoms with Crippen molar-refractivity contribution in [2.75, 3.05) is 12.4 Å². The molecule has 1 N–H and O–H groups in total. The van der Waals surface area contributed by atoms with Gasteiger partial charge in [-0.2, -0.15) is 0 Å². The van der Waals surface area contributed by atoms with Crippen LogP contribution in [0.4, 0.5) is 0 Å². The Morgan fingerprint density at radius 1 is 0.815 bits per heavy atom. The van der Waals surface area contributed by atoms with Gasteiger partial charge in [0.2, 0.25) is 0 Å². The van der Waals surface area contributed by atoms with Crippen LogP contribution in [0.3, 0.4) is 0 Å². The van der Waals surface area contributed by atoms with Crippen molar-refractivity contribution in [1.82, 2.24) is 0 Å². The summed E-state index contributed by atoms with van der Waals surface area (Å²) in [6, 6.07) is 26.3. The first-order valence-electron chi connectivity index (χ1n) is 9.22. The monoisotopic (exact) mass is 413 g/mol. The SMILES string of the molecule is CCC.OCCSc1ccc([S+]2c3ccccc3Sc3ccccc32)cc1. The number of thioether (sulfide) groups is 1. The molecule has 1 heterocycles. The van der Waals surface area contributed by atoms with E-state index in [1.54, 1.807) is 11.8 Å². The first-order chi connectivity index (χ1) is 13.3. The number of fused-ring (bicyclic) bond motifs is 2. The van der Waals surface area contributed by atoms with E-state index in [0.29, 0.717) is 0 Å². The van der Waals surface area contributed by atoms with Gasteiger partial charge in [-0.05, 0) is 48.5 Å². The first-order valence-corrected chi connectivity index (χ1v) is 12.2. The van der Waals surface area contributed by atoms with Gasteiger partial charge < -0.3 is 5.11 Å². The van der Waals surface area contributed by atoms with E-state index in [4.69, 9.17) is 5.11 Å². The van der Waals surface area contributed by atoms with E-state index in [1.165, 1.54) is 35.8 Å². The second-order valence-electron chi connectivity index (χ2n) is 6.05. The topological polar surface area (TPSA) is 20.2 Å². The summed E-state index contributed by atoms with van der Waals surface area (Å²) in [5, 5.41) is 8.98. The molecule has 3 aromatic rings. The van der Waals surface area contributed by atoms with Crippen molar-refractivity contribution in [2.24, 2.45) is 0 Å². The summed E-state index contributed by atoms with van der Waals surface area (Å²) in [6.45, 7) is 4.47. The van der Waals surface area contributed by atoms with E-state index in [1.807, 2.05) is 11.8 Å². The van der Waals surface area contributed by atoms with Crippen molar-refractivity contribution in [3.63, 3.8) is 0 Å². The molecule has 0 bridgehead atoms. The molecular formula is C23H25OS3+. The van der Waals surface area contributed by atoms with E-state index in [-0.39, 0.29) is 17.5 Å². The summed E-state index contributed by atoms with van der Waals surface area (Å²) < 4.78 is 0. The molecule has 1 nitrogen and oxygen atoms in total. The van der Waals surface area contributed by atoms with Crippen molar-refractivity contribution in [3.05, 3.63) is 72.8 Å². The Bertz CT molecular complexity index is 816. The summed E-state index contributed by atoms with van der Waals surface area (Å²) in [5.74, 6) is 0.743. The van der Waals surface area contributed by atoms with Crippen LogP contribution >= 0.6 is 23.5 Å². The highest BCUT2D eigenvalue weighted by Gasteiger charge is 2.37. The molecule has 4 rings (SSSR count). The lowest BCUT2D eigenvalue weighted by atomic mass is 10.3. The fourth-order valence-corrected chi connectivity index (χ4v) is 7.13. The van der Waals surface area contributed by atoms with Gasteiger partial charge in [0, 0.05) is 10.6 Å². The van der Waals surface area contributed by atoms with Crippen molar-refractivity contribution in [2.45, 2.75) is 49.6 Å².